The van der Waals surface area contributed by atoms with E-state index < -0.39 is 0 Å². The molecule has 3 rings (SSSR count). The van der Waals surface area contributed by atoms with Crippen molar-refractivity contribution in [3.8, 4) is 23.8 Å². The molecule has 0 spiro atoms. The molecule has 0 aliphatic carbocycles. The van der Waals surface area contributed by atoms with Crippen LogP contribution in [0.5, 0.6) is 5.75 Å². The lowest BCUT2D eigenvalue weighted by Gasteiger charge is -2.18. The predicted octanol–water partition coefficient (Wildman–Crippen LogP) is 3.16. The molecule has 25 heavy (non-hydrogen) atoms. The van der Waals surface area contributed by atoms with E-state index in [-0.39, 0.29) is 12.5 Å². The molecule has 0 radical (unpaired) electrons. The molecule has 0 aliphatic heterocycles. The third kappa shape index (κ3) is 3.70. The lowest BCUT2D eigenvalue weighted by Crippen LogP contribution is -2.26. The van der Waals surface area contributed by atoms with E-state index in [0.717, 1.165) is 11.4 Å². The molecule has 0 fully saturated rings. The van der Waals surface area contributed by atoms with Crippen molar-refractivity contribution < 1.29 is 9.53 Å². The van der Waals surface area contributed by atoms with Gasteiger partial charge in [0.25, 0.3) is 5.91 Å². The van der Waals surface area contributed by atoms with Crippen molar-refractivity contribution >= 4 is 11.6 Å². The molecule has 0 saturated heterocycles. The fourth-order valence-electron chi connectivity index (χ4n) is 2.41. The van der Waals surface area contributed by atoms with Crippen LogP contribution >= 0.6 is 0 Å². The molecular weight excluding hydrogens is 314 g/mol. The van der Waals surface area contributed by atoms with E-state index in [4.69, 9.17) is 11.2 Å². The molecule has 0 saturated carbocycles. The minimum Gasteiger partial charge on any atom is -0.481 e. The van der Waals surface area contributed by atoms with Crippen molar-refractivity contribution in [2.24, 2.45) is 0 Å². The third-order valence-corrected chi connectivity index (χ3v) is 3.75. The number of aromatic nitrogens is 2. The molecule has 3 aromatic rings. The smallest absolute Gasteiger partial charge is 0.258 e. The number of hydrogen-bond acceptors (Lipinski definition) is 3. The van der Waals surface area contributed by atoms with Gasteiger partial charge in [-0.1, -0.05) is 12.0 Å². The topological polar surface area (TPSA) is 47.4 Å². The van der Waals surface area contributed by atoms with E-state index in [0.29, 0.717) is 11.3 Å². The summed E-state index contributed by atoms with van der Waals surface area (Å²) in [6.07, 6.45) is 10.4. The van der Waals surface area contributed by atoms with Gasteiger partial charge in [0.15, 0.2) is 0 Å². The lowest BCUT2D eigenvalue weighted by molar-refractivity contribution is 0.0993. The number of amides is 1. The number of carbonyl (C=O) groups is 1. The SMILES string of the molecule is C#CCOc1ccc(N(C)C(=O)c2cccc(-n3ccnc3)c2)cc1. The fraction of sp³-hybridized carbons (Fsp3) is 0.100. The van der Waals surface area contributed by atoms with Crippen molar-refractivity contribution in [1.82, 2.24) is 9.55 Å². The monoisotopic (exact) mass is 331 g/mol. The first-order valence-corrected chi connectivity index (χ1v) is 7.72. The minimum atomic E-state index is -0.0979. The summed E-state index contributed by atoms with van der Waals surface area (Å²) < 4.78 is 7.20. The highest BCUT2D eigenvalue weighted by Gasteiger charge is 2.14. The summed E-state index contributed by atoms with van der Waals surface area (Å²) in [6, 6.07) is 14.6. The highest BCUT2D eigenvalue weighted by Crippen LogP contribution is 2.21. The van der Waals surface area contributed by atoms with Gasteiger partial charge in [0.2, 0.25) is 0 Å². The minimum absolute atomic E-state index is 0.0979. The van der Waals surface area contributed by atoms with Crippen LogP contribution in [0.1, 0.15) is 10.4 Å². The molecule has 0 aliphatic rings. The summed E-state index contributed by atoms with van der Waals surface area (Å²) >= 11 is 0. The molecule has 1 heterocycles. The number of terminal acetylenes is 1. The molecule has 1 amide bonds. The molecule has 0 N–H and O–H groups in total. The Morgan fingerprint density at radius 3 is 2.76 bits per heavy atom. The molecule has 1 aromatic heterocycles. The molecule has 5 heteroatoms. The lowest BCUT2D eigenvalue weighted by atomic mass is 10.1. The Bertz CT molecular complexity index is 893. The number of anilines is 1. The first-order valence-electron chi connectivity index (χ1n) is 7.72. The van der Waals surface area contributed by atoms with Gasteiger partial charge in [-0.2, -0.15) is 0 Å². The van der Waals surface area contributed by atoms with E-state index in [2.05, 4.69) is 10.9 Å². The Hall–Kier alpha value is -3.52. The van der Waals surface area contributed by atoms with Crippen LogP contribution in [-0.4, -0.2) is 29.1 Å². The average Bonchev–Trinajstić information content (AvgIpc) is 3.20. The zero-order chi connectivity index (χ0) is 17.6. The molecule has 2 aromatic carbocycles. The average molecular weight is 331 g/mol. The van der Waals surface area contributed by atoms with Gasteiger partial charge in [-0.25, -0.2) is 4.98 Å². The first-order chi connectivity index (χ1) is 12.2. The molecular formula is C20H17N3O2. The van der Waals surface area contributed by atoms with Crippen LogP contribution in [0.25, 0.3) is 5.69 Å². The summed E-state index contributed by atoms with van der Waals surface area (Å²) in [4.78, 5) is 18.4. The summed E-state index contributed by atoms with van der Waals surface area (Å²) in [5.74, 6) is 2.99. The number of carbonyl (C=O) groups excluding carboxylic acids is 1. The van der Waals surface area contributed by atoms with Crippen LogP contribution in [0.4, 0.5) is 5.69 Å². The van der Waals surface area contributed by atoms with E-state index in [1.807, 2.05) is 41.1 Å². The third-order valence-electron chi connectivity index (χ3n) is 3.75. The van der Waals surface area contributed by atoms with E-state index in [9.17, 15) is 4.79 Å². The summed E-state index contributed by atoms with van der Waals surface area (Å²) in [5.41, 5.74) is 2.25. The van der Waals surface area contributed by atoms with Gasteiger partial charge in [-0.3, -0.25) is 4.79 Å². The maximum absolute atomic E-state index is 12.8. The normalized spacial score (nSPS) is 10.1. The first kappa shape index (κ1) is 16.3. The van der Waals surface area contributed by atoms with Crippen LogP contribution in [0.2, 0.25) is 0 Å². The van der Waals surface area contributed by atoms with Crippen LogP contribution in [0.3, 0.4) is 0 Å². The Kier molecular flexibility index (Phi) is 4.82. The van der Waals surface area contributed by atoms with Crippen molar-refractivity contribution in [3.63, 3.8) is 0 Å². The number of benzene rings is 2. The number of rotatable bonds is 5. The van der Waals surface area contributed by atoms with Gasteiger partial charge in [-0.05, 0) is 42.5 Å². The van der Waals surface area contributed by atoms with E-state index in [1.54, 1.807) is 42.7 Å². The van der Waals surface area contributed by atoms with Gasteiger partial charge in [0.1, 0.15) is 12.4 Å². The summed E-state index contributed by atoms with van der Waals surface area (Å²) in [6.45, 7) is 0.217. The van der Waals surface area contributed by atoms with Gasteiger partial charge >= 0.3 is 0 Å². The zero-order valence-corrected chi connectivity index (χ0v) is 13.8. The van der Waals surface area contributed by atoms with Crippen molar-refractivity contribution in [1.29, 1.82) is 0 Å². The second-order valence-corrected chi connectivity index (χ2v) is 5.37. The highest BCUT2D eigenvalue weighted by molar-refractivity contribution is 6.06. The zero-order valence-electron chi connectivity index (χ0n) is 13.8. The van der Waals surface area contributed by atoms with E-state index >= 15 is 0 Å². The summed E-state index contributed by atoms with van der Waals surface area (Å²) in [5, 5.41) is 0. The Balaban J connectivity index is 1.78. The molecule has 0 bridgehead atoms. The second kappa shape index (κ2) is 7.37. The maximum atomic E-state index is 12.8. The molecule has 0 atom stereocenters. The van der Waals surface area contributed by atoms with E-state index in [1.165, 1.54) is 0 Å². The Labute approximate surface area is 146 Å². The molecule has 0 unspecified atom stereocenters. The second-order valence-electron chi connectivity index (χ2n) is 5.37. The molecule has 124 valence electrons. The van der Waals surface area contributed by atoms with Crippen molar-refractivity contribution in [3.05, 3.63) is 72.8 Å². The summed E-state index contributed by atoms with van der Waals surface area (Å²) in [7, 11) is 1.74. The number of hydrogen-bond donors (Lipinski definition) is 0. The van der Waals surface area contributed by atoms with Gasteiger partial charge in [-0.15, -0.1) is 6.42 Å². The largest absolute Gasteiger partial charge is 0.481 e. The van der Waals surface area contributed by atoms with Crippen LogP contribution < -0.4 is 9.64 Å². The predicted molar refractivity (Wildman–Crippen MR) is 97.1 cm³/mol. The van der Waals surface area contributed by atoms with Crippen molar-refractivity contribution in [2.45, 2.75) is 0 Å². The quantitative estimate of drug-likeness (QED) is 0.675. The Morgan fingerprint density at radius 1 is 1.28 bits per heavy atom. The van der Waals surface area contributed by atoms with Gasteiger partial charge < -0.3 is 14.2 Å². The van der Waals surface area contributed by atoms with Gasteiger partial charge in [0.05, 0.1) is 6.33 Å². The number of ether oxygens (including phenoxy) is 1. The number of imidazole rings is 1. The fourth-order valence-corrected chi connectivity index (χ4v) is 2.41. The van der Waals surface area contributed by atoms with Crippen LogP contribution in [-0.2, 0) is 0 Å². The standard InChI is InChI=1S/C20H17N3O2/c1-3-13-25-19-9-7-17(8-10-19)22(2)20(24)16-5-4-6-18(14-16)23-12-11-21-15-23/h1,4-12,14-15H,13H2,2H3. The van der Waals surface area contributed by atoms with Gasteiger partial charge in [0, 0.05) is 36.4 Å². The molecule has 5 nitrogen and oxygen atoms in total. The maximum Gasteiger partial charge on any atom is 0.258 e. The van der Waals surface area contributed by atoms with Crippen LogP contribution in [0.15, 0.2) is 67.3 Å². The van der Waals surface area contributed by atoms with Crippen LogP contribution in [0, 0.1) is 12.3 Å². The Morgan fingerprint density at radius 2 is 2.08 bits per heavy atom. The number of nitrogens with zero attached hydrogens (tertiary/aromatic N) is 3. The highest BCUT2D eigenvalue weighted by atomic mass is 16.5. The van der Waals surface area contributed by atoms with Crippen molar-refractivity contribution in [2.75, 3.05) is 18.6 Å².